The smallest absolute Gasteiger partial charge is 0.406 e. The SMILES string of the molecule is CC(C)NC(=O)Oc1c[nH]c2ncc(C3=CCCCC3)nc12. The van der Waals surface area contributed by atoms with Crippen molar-refractivity contribution in [2.45, 2.75) is 45.6 Å². The van der Waals surface area contributed by atoms with Gasteiger partial charge in [0.15, 0.2) is 16.9 Å². The first-order valence-electron chi connectivity index (χ1n) is 7.65. The maximum absolute atomic E-state index is 11.7. The van der Waals surface area contributed by atoms with Crippen LogP contribution in [0.3, 0.4) is 0 Å². The van der Waals surface area contributed by atoms with Crippen LogP contribution >= 0.6 is 0 Å². The number of aromatic nitrogens is 3. The Balaban J connectivity index is 1.88. The third-order valence-corrected chi connectivity index (χ3v) is 3.58. The maximum Gasteiger partial charge on any atom is 0.412 e. The van der Waals surface area contributed by atoms with E-state index in [-0.39, 0.29) is 6.04 Å². The van der Waals surface area contributed by atoms with E-state index >= 15 is 0 Å². The lowest BCUT2D eigenvalue weighted by atomic mass is 9.97. The Morgan fingerprint density at radius 3 is 3.00 bits per heavy atom. The fourth-order valence-corrected chi connectivity index (χ4v) is 2.54. The van der Waals surface area contributed by atoms with Crippen LogP contribution < -0.4 is 10.1 Å². The van der Waals surface area contributed by atoms with Gasteiger partial charge in [-0.1, -0.05) is 6.08 Å². The molecular formula is C16H20N4O2. The van der Waals surface area contributed by atoms with E-state index in [2.05, 4.69) is 26.3 Å². The van der Waals surface area contributed by atoms with Crippen molar-refractivity contribution in [3.8, 4) is 5.75 Å². The molecule has 22 heavy (non-hydrogen) atoms. The zero-order valence-corrected chi connectivity index (χ0v) is 12.8. The van der Waals surface area contributed by atoms with Crippen LogP contribution in [0.5, 0.6) is 5.75 Å². The van der Waals surface area contributed by atoms with Gasteiger partial charge in [-0.15, -0.1) is 0 Å². The molecule has 0 radical (unpaired) electrons. The Morgan fingerprint density at radius 1 is 1.41 bits per heavy atom. The van der Waals surface area contributed by atoms with Gasteiger partial charge in [0, 0.05) is 12.2 Å². The molecule has 2 N–H and O–H groups in total. The molecule has 0 aromatic carbocycles. The largest absolute Gasteiger partial charge is 0.412 e. The van der Waals surface area contributed by atoms with E-state index < -0.39 is 6.09 Å². The highest BCUT2D eigenvalue weighted by atomic mass is 16.6. The number of H-pyrrole nitrogens is 1. The lowest BCUT2D eigenvalue weighted by molar-refractivity contribution is 0.198. The molecule has 0 spiro atoms. The highest BCUT2D eigenvalue weighted by Gasteiger charge is 2.15. The number of carbonyl (C=O) groups excluding carboxylic acids is 1. The summed E-state index contributed by atoms with van der Waals surface area (Å²) in [6, 6.07) is 0.0201. The molecule has 0 unspecified atom stereocenters. The molecule has 1 aliphatic rings. The van der Waals surface area contributed by atoms with Crippen molar-refractivity contribution in [1.29, 1.82) is 0 Å². The summed E-state index contributed by atoms with van der Waals surface area (Å²) in [6.45, 7) is 3.76. The van der Waals surface area contributed by atoms with Crippen molar-refractivity contribution in [2.24, 2.45) is 0 Å². The number of nitrogens with one attached hydrogen (secondary N) is 2. The molecule has 3 rings (SSSR count). The van der Waals surface area contributed by atoms with E-state index in [4.69, 9.17) is 4.74 Å². The minimum atomic E-state index is -0.486. The predicted octanol–water partition coefficient (Wildman–Crippen LogP) is 3.41. The predicted molar refractivity (Wildman–Crippen MR) is 84.6 cm³/mol. The molecule has 2 heterocycles. The molecular weight excluding hydrogens is 280 g/mol. The molecule has 2 aromatic heterocycles. The fourth-order valence-electron chi connectivity index (χ4n) is 2.54. The molecule has 0 saturated carbocycles. The lowest BCUT2D eigenvalue weighted by Gasteiger charge is -2.12. The van der Waals surface area contributed by atoms with E-state index in [1.54, 1.807) is 12.4 Å². The highest BCUT2D eigenvalue weighted by molar-refractivity contribution is 5.83. The number of ether oxygens (including phenoxy) is 1. The Morgan fingerprint density at radius 2 is 2.27 bits per heavy atom. The minimum Gasteiger partial charge on any atom is -0.406 e. The summed E-state index contributed by atoms with van der Waals surface area (Å²) >= 11 is 0. The number of allylic oxidation sites excluding steroid dienone is 2. The minimum absolute atomic E-state index is 0.0201. The van der Waals surface area contributed by atoms with Crippen molar-refractivity contribution in [3.05, 3.63) is 24.2 Å². The maximum atomic E-state index is 11.7. The van der Waals surface area contributed by atoms with Gasteiger partial charge in [-0.25, -0.2) is 14.8 Å². The van der Waals surface area contributed by atoms with Gasteiger partial charge >= 0.3 is 6.09 Å². The van der Waals surface area contributed by atoms with E-state index in [0.29, 0.717) is 16.9 Å². The summed E-state index contributed by atoms with van der Waals surface area (Å²) < 4.78 is 5.32. The first kappa shape index (κ1) is 14.6. The van der Waals surface area contributed by atoms with Gasteiger partial charge in [0.2, 0.25) is 0 Å². The monoisotopic (exact) mass is 300 g/mol. The normalized spacial score (nSPS) is 15.0. The average molecular weight is 300 g/mol. The molecule has 1 amide bonds. The van der Waals surface area contributed by atoms with Crippen LogP contribution in [0.15, 0.2) is 18.5 Å². The van der Waals surface area contributed by atoms with Crippen LogP contribution in [0.4, 0.5) is 4.79 Å². The van der Waals surface area contributed by atoms with Gasteiger partial charge in [-0.05, 0) is 45.1 Å². The average Bonchev–Trinajstić information content (AvgIpc) is 2.89. The van der Waals surface area contributed by atoms with Gasteiger partial charge in [0.05, 0.1) is 11.9 Å². The zero-order valence-electron chi connectivity index (χ0n) is 12.8. The summed E-state index contributed by atoms with van der Waals surface area (Å²) in [5.41, 5.74) is 3.29. The number of aromatic amines is 1. The van der Waals surface area contributed by atoms with Crippen LogP contribution in [0.1, 0.15) is 45.2 Å². The van der Waals surface area contributed by atoms with Crippen LogP contribution in [-0.4, -0.2) is 27.1 Å². The van der Waals surface area contributed by atoms with E-state index in [1.807, 2.05) is 13.8 Å². The van der Waals surface area contributed by atoms with E-state index in [1.165, 1.54) is 18.4 Å². The second kappa shape index (κ2) is 6.17. The van der Waals surface area contributed by atoms with Crippen molar-refractivity contribution in [3.63, 3.8) is 0 Å². The number of fused-ring (bicyclic) bond motifs is 1. The lowest BCUT2D eigenvalue weighted by Crippen LogP contribution is -2.32. The molecule has 1 aliphatic carbocycles. The standard InChI is InChI=1S/C16H20N4O2/c1-10(2)19-16(21)22-13-9-18-15-14(13)20-12(8-17-15)11-6-4-3-5-7-11/h6,8-10H,3-5,7H2,1-2H3,(H,17,18)(H,19,21). The third kappa shape index (κ3) is 3.10. The summed E-state index contributed by atoms with van der Waals surface area (Å²) in [4.78, 5) is 23.7. The van der Waals surface area contributed by atoms with Crippen LogP contribution in [0, 0.1) is 0 Å². The van der Waals surface area contributed by atoms with Crippen LogP contribution in [0.2, 0.25) is 0 Å². The molecule has 0 saturated heterocycles. The van der Waals surface area contributed by atoms with Crippen LogP contribution in [0.25, 0.3) is 16.7 Å². The molecule has 116 valence electrons. The van der Waals surface area contributed by atoms with Crippen molar-refractivity contribution in [2.75, 3.05) is 0 Å². The molecule has 0 bridgehead atoms. The second-order valence-corrected chi connectivity index (χ2v) is 5.77. The van der Waals surface area contributed by atoms with Gasteiger partial charge < -0.3 is 15.0 Å². The summed E-state index contributed by atoms with van der Waals surface area (Å²) in [6.07, 6.45) is 9.64. The highest BCUT2D eigenvalue weighted by Crippen LogP contribution is 2.28. The van der Waals surface area contributed by atoms with Gasteiger partial charge in [0.25, 0.3) is 0 Å². The van der Waals surface area contributed by atoms with E-state index in [9.17, 15) is 4.79 Å². The summed E-state index contributed by atoms with van der Waals surface area (Å²) in [5, 5.41) is 2.69. The number of hydrogen-bond donors (Lipinski definition) is 2. The zero-order chi connectivity index (χ0) is 15.5. The summed E-state index contributed by atoms with van der Waals surface area (Å²) in [5.74, 6) is 0.402. The third-order valence-electron chi connectivity index (χ3n) is 3.58. The molecule has 6 nitrogen and oxygen atoms in total. The second-order valence-electron chi connectivity index (χ2n) is 5.77. The van der Waals surface area contributed by atoms with Crippen LogP contribution in [-0.2, 0) is 0 Å². The molecule has 2 aromatic rings. The first-order valence-corrected chi connectivity index (χ1v) is 7.65. The van der Waals surface area contributed by atoms with Crippen molar-refractivity contribution >= 4 is 22.8 Å². The summed E-state index contributed by atoms with van der Waals surface area (Å²) in [7, 11) is 0. The number of hydrogen-bond acceptors (Lipinski definition) is 4. The molecule has 6 heteroatoms. The Kier molecular flexibility index (Phi) is 4.09. The van der Waals surface area contributed by atoms with E-state index in [0.717, 1.165) is 18.5 Å². The van der Waals surface area contributed by atoms with Gasteiger partial charge in [0.1, 0.15) is 0 Å². The number of rotatable bonds is 3. The number of carbonyl (C=O) groups is 1. The topological polar surface area (TPSA) is 79.9 Å². The van der Waals surface area contributed by atoms with Gasteiger partial charge in [-0.2, -0.15) is 0 Å². The molecule has 0 atom stereocenters. The van der Waals surface area contributed by atoms with Gasteiger partial charge in [-0.3, -0.25) is 0 Å². The quantitative estimate of drug-likeness (QED) is 0.910. The van der Waals surface area contributed by atoms with Crippen molar-refractivity contribution < 1.29 is 9.53 Å². The fraction of sp³-hybridized carbons (Fsp3) is 0.438. The number of nitrogens with zero attached hydrogens (tertiary/aromatic N) is 2. The molecule has 0 fully saturated rings. The first-order chi connectivity index (χ1) is 10.6. The van der Waals surface area contributed by atoms with Crippen molar-refractivity contribution in [1.82, 2.24) is 20.3 Å². The molecule has 0 aliphatic heterocycles. The Bertz CT molecular complexity index is 718. The number of amides is 1. The Labute approximate surface area is 129 Å². The Hall–Kier alpha value is -2.37.